The number of rotatable bonds is 3. The van der Waals surface area contributed by atoms with Crippen LogP contribution in [0, 0.1) is 13.8 Å². The molecule has 2 aromatic carbocycles. The minimum atomic E-state index is -4.49. The van der Waals surface area contributed by atoms with Gasteiger partial charge in [-0.25, -0.2) is 9.67 Å². The molecule has 28 heavy (non-hydrogen) atoms. The van der Waals surface area contributed by atoms with Crippen LogP contribution >= 0.6 is 0 Å². The molecule has 0 saturated heterocycles. The molecule has 4 aromatic rings. The second-order valence-corrected chi connectivity index (χ2v) is 6.85. The van der Waals surface area contributed by atoms with Gasteiger partial charge in [0.1, 0.15) is 0 Å². The molecular formula is C22H18F3N3. The number of aryl methyl sites for hydroxylation is 2. The third-order valence-corrected chi connectivity index (χ3v) is 4.71. The molecule has 0 unspecified atom stereocenters. The van der Waals surface area contributed by atoms with E-state index in [1.54, 1.807) is 35.9 Å². The van der Waals surface area contributed by atoms with Crippen LogP contribution in [0.1, 0.15) is 22.4 Å². The molecular weight excluding hydrogens is 363 g/mol. The number of nitrogens with zero attached hydrogens (tertiary/aromatic N) is 3. The second kappa shape index (κ2) is 6.78. The highest BCUT2D eigenvalue weighted by molar-refractivity contribution is 5.85. The molecule has 3 nitrogen and oxygen atoms in total. The molecule has 0 saturated carbocycles. The molecule has 0 aliphatic carbocycles. The van der Waals surface area contributed by atoms with Crippen molar-refractivity contribution in [3.05, 3.63) is 83.0 Å². The summed E-state index contributed by atoms with van der Waals surface area (Å²) in [5.41, 5.74) is 2.85. The van der Waals surface area contributed by atoms with Crippen molar-refractivity contribution in [3.8, 4) is 11.3 Å². The second-order valence-electron chi connectivity index (χ2n) is 6.85. The fourth-order valence-corrected chi connectivity index (χ4v) is 3.31. The van der Waals surface area contributed by atoms with Gasteiger partial charge in [0.2, 0.25) is 0 Å². The van der Waals surface area contributed by atoms with Gasteiger partial charge in [-0.05, 0) is 25.5 Å². The number of hydrogen-bond acceptors (Lipinski definition) is 2. The smallest absolute Gasteiger partial charge is 0.243 e. The van der Waals surface area contributed by atoms with Gasteiger partial charge in [0.25, 0.3) is 0 Å². The van der Waals surface area contributed by atoms with Crippen LogP contribution in [-0.4, -0.2) is 14.8 Å². The summed E-state index contributed by atoms with van der Waals surface area (Å²) in [5, 5.41) is 4.43. The van der Waals surface area contributed by atoms with Crippen LogP contribution < -0.4 is 0 Å². The Labute approximate surface area is 160 Å². The van der Waals surface area contributed by atoms with Crippen molar-refractivity contribution in [3.63, 3.8) is 0 Å². The van der Waals surface area contributed by atoms with Gasteiger partial charge in [-0.15, -0.1) is 0 Å². The maximum Gasteiger partial charge on any atom is 0.417 e. The summed E-state index contributed by atoms with van der Waals surface area (Å²) in [6.07, 6.45) is -4.49. The van der Waals surface area contributed by atoms with E-state index in [0.29, 0.717) is 17.8 Å². The molecule has 142 valence electrons. The molecule has 0 aliphatic rings. The molecule has 0 bridgehead atoms. The first-order chi connectivity index (χ1) is 13.3. The molecule has 0 N–H and O–H groups in total. The van der Waals surface area contributed by atoms with Gasteiger partial charge < -0.3 is 0 Å². The summed E-state index contributed by atoms with van der Waals surface area (Å²) in [4.78, 5) is 4.55. The normalized spacial score (nSPS) is 11.9. The minimum Gasteiger partial charge on any atom is -0.243 e. The van der Waals surface area contributed by atoms with Crippen molar-refractivity contribution >= 4 is 11.0 Å². The maximum atomic E-state index is 13.8. The van der Waals surface area contributed by atoms with Gasteiger partial charge in [-0.1, -0.05) is 60.2 Å². The number of aromatic nitrogens is 3. The maximum absolute atomic E-state index is 13.8. The van der Waals surface area contributed by atoms with Crippen LogP contribution in [0.2, 0.25) is 0 Å². The van der Waals surface area contributed by atoms with E-state index < -0.39 is 11.7 Å². The Hall–Kier alpha value is -3.15. The zero-order valence-electron chi connectivity index (χ0n) is 15.5. The largest absolute Gasteiger partial charge is 0.417 e. The monoisotopic (exact) mass is 381 g/mol. The zero-order chi connectivity index (χ0) is 19.9. The van der Waals surface area contributed by atoms with Crippen molar-refractivity contribution < 1.29 is 13.2 Å². The predicted molar refractivity (Wildman–Crippen MR) is 103 cm³/mol. The van der Waals surface area contributed by atoms with Crippen LogP contribution in [-0.2, 0) is 12.7 Å². The Morgan fingerprint density at radius 3 is 2.25 bits per heavy atom. The SMILES string of the molecule is Cc1ccc(Cn2nc(C)c3c(C(F)(F)F)cc(-c4ccccc4)nc32)cc1. The highest BCUT2D eigenvalue weighted by atomic mass is 19.4. The van der Waals surface area contributed by atoms with Crippen LogP contribution in [0.5, 0.6) is 0 Å². The third-order valence-electron chi connectivity index (χ3n) is 4.71. The lowest BCUT2D eigenvalue weighted by Crippen LogP contribution is -2.08. The molecule has 6 heteroatoms. The Kier molecular flexibility index (Phi) is 4.41. The lowest BCUT2D eigenvalue weighted by molar-refractivity contribution is -0.136. The van der Waals surface area contributed by atoms with Gasteiger partial charge in [0.15, 0.2) is 5.65 Å². The molecule has 2 heterocycles. The number of alkyl halides is 3. The van der Waals surface area contributed by atoms with Crippen molar-refractivity contribution in [1.82, 2.24) is 14.8 Å². The Morgan fingerprint density at radius 2 is 1.61 bits per heavy atom. The number of hydrogen-bond donors (Lipinski definition) is 0. The van der Waals surface area contributed by atoms with Crippen molar-refractivity contribution in [1.29, 1.82) is 0 Å². The van der Waals surface area contributed by atoms with E-state index in [-0.39, 0.29) is 16.7 Å². The van der Waals surface area contributed by atoms with Gasteiger partial charge in [0, 0.05) is 5.56 Å². The van der Waals surface area contributed by atoms with Gasteiger partial charge in [-0.2, -0.15) is 18.3 Å². The molecule has 4 rings (SSSR count). The lowest BCUT2D eigenvalue weighted by atomic mass is 10.1. The van der Waals surface area contributed by atoms with E-state index in [1.165, 1.54) is 0 Å². The Bertz CT molecular complexity index is 1130. The highest BCUT2D eigenvalue weighted by Crippen LogP contribution is 2.38. The first-order valence-electron chi connectivity index (χ1n) is 8.89. The number of halogens is 3. The standard InChI is InChI=1S/C22H18F3N3/c1-14-8-10-16(11-9-14)13-28-21-20(15(2)27-28)18(22(23,24)25)12-19(26-21)17-6-4-3-5-7-17/h3-12H,13H2,1-2H3. The average molecular weight is 381 g/mol. The van der Waals surface area contributed by atoms with E-state index in [2.05, 4.69) is 10.1 Å². The highest BCUT2D eigenvalue weighted by Gasteiger charge is 2.35. The minimum absolute atomic E-state index is 0.0549. The summed E-state index contributed by atoms with van der Waals surface area (Å²) < 4.78 is 43.0. The number of pyridine rings is 1. The van der Waals surface area contributed by atoms with Crippen molar-refractivity contribution in [2.24, 2.45) is 0 Å². The fourth-order valence-electron chi connectivity index (χ4n) is 3.31. The average Bonchev–Trinajstić information content (AvgIpc) is 2.98. The molecule has 0 aliphatic heterocycles. The van der Waals surface area contributed by atoms with Gasteiger partial charge >= 0.3 is 6.18 Å². The van der Waals surface area contributed by atoms with Gasteiger partial charge in [0.05, 0.1) is 28.9 Å². The zero-order valence-corrected chi connectivity index (χ0v) is 15.5. The lowest BCUT2D eigenvalue weighted by Gasteiger charge is -2.12. The summed E-state index contributed by atoms with van der Waals surface area (Å²) in [7, 11) is 0. The summed E-state index contributed by atoms with van der Waals surface area (Å²) in [6, 6.07) is 17.8. The van der Waals surface area contributed by atoms with Crippen LogP contribution in [0.25, 0.3) is 22.3 Å². The summed E-state index contributed by atoms with van der Waals surface area (Å²) in [6.45, 7) is 3.93. The van der Waals surface area contributed by atoms with Crippen molar-refractivity contribution in [2.45, 2.75) is 26.6 Å². The van der Waals surface area contributed by atoms with Crippen LogP contribution in [0.15, 0.2) is 60.7 Å². The van der Waals surface area contributed by atoms with E-state index in [1.807, 2.05) is 37.3 Å². The first kappa shape index (κ1) is 18.2. The van der Waals surface area contributed by atoms with E-state index >= 15 is 0 Å². The third kappa shape index (κ3) is 3.38. The fraction of sp³-hybridized carbons (Fsp3) is 0.182. The molecule has 0 atom stereocenters. The number of fused-ring (bicyclic) bond motifs is 1. The molecule has 0 spiro atoms. The molecule has 0 fully saturated rings. The van der Waals surface area contributed by atoms with Crippen molar-refractivity contribution in [2.75, 3.05) is 0 Å². The predicted octanol–water partition coefficient (Wildman–Crippen LogP) is 5.78. The quantitative estimate of drug-likeness (QED) is 0.450. The summed E-state index contributed by atoms with van der Waals surface area (Å²) >= 11 is 0. The van der Waals surface area contributed by atoms with E-state index in [4.69, 9.17) is 0 Å². The van der Waals surface area contributed by atoms with Gasteiger partial charge in [-0.3, -0.25) is 0 Å². The topological polar surface area (TPSA) is 30.7 Å². The first-order valence-corrected chi connectivity index (χ1v) is 8.89. The molecule has 2 aromatic heterocycles. The molecule has 0 amide bonds. The van der Waals surface area contributed by atoms with Crippen LogP contribution in [0.4, 0.5) is 13.2 Å². The Morgan fingerprint density at radius 1 is 0.929 bits per heavy atom. The molecule has 0 radical (unpaired) electrons. The van der Waals surface area contributed by atoms with E-state index in [0.717, 1.165) is 17.2 Å². The van der Waals surface area contributed by atoms with Crippen LogP contribution in [0.3, 0.4) is 0 Å². The number of benzene rings is 2. The summed E-state index contributed by atoms with van der Waals surface area (Å²) in [5.74, 6) is 0. The Balaban J connectivity index is 1.93. The van der Waals surface area contributed by atoms with E-state index in [9.17, 15) is 13.2 Å².